The van der Waals surface area contributed by atoms with Gasteiger partial charge in [0, 0.05) is 57.5 Å². The molecule has 0 spiro atoms. The fourth-order valence-corrected chi connectivity index (χ4v) is 16.5. The van der Waals surface area contributed by atoms with Crippen LogP contribution in [-0.4, -0.2) is 230 Å². The summed E-state index contributed by atoms with van der Waals surface area (Å²) in [7, 11) is 1.94. The summed E-state index contributed by atoms with van der Waals surface area (Å²) in [5, 5.41) is 50.8. The number of hydrogen-bond donors (Lipinski definition) is 14. The Hall–Kier alpha value is -9.21. The van der Waals surface area contributed by atoms with Crippen LogP contribution in [0.4, 0.5) is 0 Å². The van der Waals surface area contributed by atoms with Crippen molar-refractivity contribution in [3.05, 3.63) is 59.7 Å². The molecule has 2 aromatic carbocycles. The average Bonchev–Trinajstić information content (AvgIpc) is 1.69. The number of carbonyl (C=O) groups is 15. The molecule has 0 radical (unpaired) electrons. The Kier molecular flexibility index (Phi) is 33.2. The topological polar surface area (TPSA) is 465 Å². The number of fused-ring (bicyclic) bond motifs is 12. The molecule has 0 saturated carbocycles. The molecule has 600 valence electrons. The van der Waals surface area contributed by atoms with Gasteiger partial charge in [0.1, 0.15) is 90.0 Å². The zero-order valence-electron chi connectivity index (χ0n) is 63.7. The normalized spacial score (nSPS) is 26.3. The maximum atomic E-state index is 15.2. The van der Waals surface area contributed by atoms with Gasteiger partial charge in [-0.3, -0.25) is 71.9 Å². The van der Waals surface area contributed by atoms with Gasteiger partial charge in [0.25, 0.3) is 0 Å². The molecule has 0 aromatic heterocycles. The van der Waals surface area contributed by atoms with Gasteiger partial charge in [-0.15, -0.1) is 0 Å². The number of nitrogens with two attached hydrogens (primary N) is 1. The molecular weight excluding hydrogens is 1450 g/mol. The highest BCUT2D eigenvalue weighted by atomic mass is 33.1. The number of carbonyl (C=O) groups excluding carboxylic acids is 15. The highest BCUT2D eigenvalue weighted by Gasteiger charge is 2.46. The molecule has 15 N–H and O–H groups in total. The first kappa shape index (κ1) is 87.0. The van der Waals surface area contributed by atoms with E-state index in [1.165, 1.54) is 58.0 Å². The van der Waals surface area contributed by atoms with E-state index in [9.17, 15) is 53.4 Å². The number of nitrogens with zero attached hydrogens (tertiary/aromatic N) is 3. The van der Waals surface area contributed by atoms with Gasteiger partial charge < -0.3 is 89.1 Å². The summed E-state index contributed by atoms with van der Waals surface area (Å²) in [4.78, 5) is 223. The van der Waals surface area contributed by atoms with Crippen molar-refractivity contribution < 1.29 is 82.1 Å². The average molecular weight is 1560 g/mol. The highest BCUT2D eigenvalue weighted by Crippen LogP contribution is 2.30. The van der Waals surface area contributed by atoms with E-state index in [1.54, 1.807) is 53.7 Å². The fourth-order valence-electron chi connectivity index (χ4n) is 14.2. The number of amides is 15. The van der Waals surface area contributed by atoms with Gasteiger partial charge in [0.05, 0.1) is 6.42 Å². The SMILES string of the molecule is CC[C@H](C)[C@H](NC(=O)[C@H](CC(C)C)NC(=O)[C@@H]1CC(=O)NCCCC[C@@H]2NC(=O)[C@@H]3CCCN3C(=O)[C@H](CC(C)C)NC(=O)[C@H](Cc3ccc(O)cc3)NC(=O)[C@@H]3CCCN3C(=O)[C@@H]3CCCN3C(=O)[C@@H](NC(C)=O)CSSC[C@H](NC(=O)[C@H](CC(C)C)NC(=O)[C@H](Cc3ccc(O)cc3)NC2=O)C(=O)N1)C(N)=O. The Morgan fingerprint density at radius 3 is 1.54 bits per heavy atom. The van der Waals surface area contributed by atoms with Crippen molar-refractivity contribution >= 4 is 110 Å². The molecular formula is C75H111N15O17S2. The van der Waals surface area contributed by atoms with Crippen molar-refractivity contribution in [2.45, 2.75) is 244 Å². The third kappa shape index (κ3) is 25.7. The minimum absolute atomic E-state index is 0.00984. The van der Waals surface area contributed by atoms with Crippen LogP contribution in [0.3, 0.4) is 0 Å². The third-order valence-corrected chi connectivity index (χ3v) is 22.5. The number of aromatic hydroxyl groups is 2. The van der Waals surface area contributed by atoms with E-state index >= 15 is 28.8 Å². The molecule has 34 heteroatoms. The molecule has 2 bridgehead atoms. The Labute approximate surface area is 644 Å². The number of primary amides is 1. The Morgan fingerprint density at radius 2 is 1.00 bits per heavy atom. The maximum absolute atomic E-state index is 15.2. The molecule has 2 aromatic rings. The van der Waals surface area contributed by atoms with E-state index in [2.05, 4.69) is 58.5 Å². The van der Waals surface area contributed by atoms with Crippen LogP contribution in [0.25, 0.3) is 0 Å². The Bertz CT molecular complexity index is 3590. The van der Waals surface area contributed by atoms with Crippen LogP contribution < -0.4 is 64.2 Å². The number of nitrogens with one attached hydrogen (secondary N) is 11. The molecule has 0 aliphatic carbocycles. The first-order chi connectivity index (χ1) is 51.7. The zero-order valence-corrected chi connectivity index (χ0v) is 65.4. The number of phenols is 2. The largest absolute Gasteiger partial charge is 0.508 e. The van der Waals surface area contributed by atoms with Crippen LogP contribution in [0.1, 0.15) is 163 Å². The van der Waals surface area contributed by atoms with Crippen molar-refractivity contribution in [3.8, 4) is 11.5 Å². The summed E-state index contributed by atoms with van der Waals surface area (Å²) >= 11 is 0. The molecule has 5 saturated heterocycles. The first-order valence-electron chi connectivity index (χ1n) is 38.0. The summed E-state index contributed by atoms with van der Waals surface area (Å²) in [6.45, 7) is 15.6. The number of phenolic OH excluding ortho intramolecular Hbond substituents is 2. The summed E-state index contributed by atoms with van der Waals surface area (Å²) in [6, 6.07) is -6.07. The lowest BCUT2D eigenvalue weighted by atomic mass is 9.97. The smallest absolute Gasteiger partial charge is 0.246 e. The molecule has 5 aliphatic heterocycles. The third-order valence-electron chi connectivity index (χ3n) is 20.1. The molecule has 5 heterocycles. The number of hydrogen-bond acceptors (Lipinski definition) is 19. The molecule has 32 nitrogen and oxygen atoms in total. The van der Waals surface area contributed by atoms with Gasteiger partial charge in [-0.1, -0.05) is 108 Å². The van der Waals surface area contributed by atoms with Crippen LogP contribution in [-0.2, 0) is 84.8 Å². The van der Waals surface area contributed by atoms with Crippen LogP contribution in [0.2, 0.25) is 0 Å². The second-order valence-electron chi connectivity index (χ2n) is 30.3. The lowest BCUT2D eigenvalue weighted by Crippen LogP contribution is -2.61. The second-order valence-corrected chi connectivity index (χ2v) is 32.9. The van der Waals surface area contributed by atoms with Gasteiger partial charge in [-0.05, 0) is 136 Å². The molecule has 5 fully saturated rings. The van der Waals surface area contributed by atoms with E-state index < -0.39 is 179 Å². The second kappa shape index (κ2) is 41.5. The number of rotatable bonds is 18. The lowest BCUT2D eigenvalue weighted by Gasteiger charge is -2.33. The van der Waals surface area contributed by atoms with Gasteiger partial charge >= 0.3 is 0 Å². The van der Waals surface area contributed by atoms with E-state index in [4.69, 9.17) is 5.73 Å². The summed E-state index contributed by atoms with van der Waals surface area (Å²) in [6.07, 6.45) is 0.911. The number of benzene rings is 2. The van der Waals surface area contributed by atoms with Crippen molar-refractivity contribution in [1.82, 2.24) is 73.2 Å². The predicted molar refractivity (Wildman–Crippen MR) is 406 cm³/mol. The fraction of sp³-hybridized carbons (Fsp3) is 0.640. The molecule has 109 heavy (non-hydrogen) atoms. The van der Waals surface area contributed by atoms with E-state index in [-0.39, 0.29) is 138 Å². The minimum atomic E-state index is -1.78. The van der Waals surface area contributed by atoms with E-state index in [1.807, 2.05) is 13.8 Å². The highest BCUT2D eigenvalue weighted by molar-refractivity contribution is 8.76. The van der Waals surface area contributed by atoms with Gasteiger partial charge in [0.15, 0.2) is 0 Å². The Morgan fingerprint density at radius 1 is 0.523 bits per heavy atom. The van der Waals surface area contributed by atoms with E-state index in [0.717, 1.165) is 21.6 Å². The standard InChI is InChI=1S/C75H111N15O17S2/c1-10-43(8)62(63(76)95)87-69(101)51(33-41(4)5)81-68(100)54-37-61(94)77-28-12-11-16-49-64(96)82-52(35-45-20-24-47(92)25-21-45)66(98)80-50(32-40(2)3)65(97)86-56(70(102)83-54)38-108-109-39-57(78-44(9)91)74(106)90-31-15-19-60(90)75(107)89-30-14-18-59(89)72(104)84-53(36-46-22-26-48(93)27-23-46)67(99)85-55(34-42(6)7)73(105)88-29-13-17-58(88)71(103)79-49/h20-27,40-43,49-60,62,92-93H,10-19,28-39H2,1-9H3,(H2,76,95)(H,77,94)(H,78,91)(H,79,103)(H,80,98)(H,81,100)(H,82,96)(H,83,102)(H,84,104)(H,85,99)(H,86,97)(H,87,101)/t43-,49-,50-,51-,52-,53-,54-,55-,56-,57-,58-,59-,60-,62-/m0/s1. The summed E-state index contributed by atoms with van der Waals surface area (Å²) < 4.78 is 0. The van der Waals surface area contributed by atoms with Crippen LogP contribution in [0.5, 0.6) is 11.5 Å². The molecule has 0 unspecified atom stereocenters. The molecule has 7 rings (SSSR count). The van der Waals surface area contributed by atoms with Crippen molar-refractivity contribution in [3.63, 3.8) is 0 Å². The Balaban J connectivity index is 1.34. The first-order valence-corrected chi connectivity index (χ1v) is 40.5. The lowest BCUT2D eigenvalue weighted by molar-refractivity contribution is -0.147. The molecule has 5 aliphatic rings. The zero-order chi connectivity index (χ0) is 79.9. The molecule has 14 atom stereocenters. The summed E-state index contributed by atoms with van der Waals surface area (Å²) in [5.41, 5.74) is 6.69. The van der Waals surface area contributed by atoms with Crippen molar-refractivity contribution in [1.29, 1.82) is 0 Å². The van der Waals surface area contributed by atoms with Gasteiger partial charge in [0.2, 0.25) is 88.6 Å². The van der Waals surface area contributed by atoms with Gasteiger partial charge in [-0.2, -0.15) is 0 Å². The monoisotopic (exact) mass is 1560 g/mol. The quantitative estimate of drug-likeness (QED) is 0.0713. The van der Waals surface area contributed by atoms with Crippen LogP contribution in [0.15, 0.2) is 48.5 Å². The van der Waals surface area contributed by atoms with Crippen molar-refractivity contribution in [2.24, 2.45) is 29.4 Å². The van der Waals surface area contributed by atoms with Crippen molar-refractivity contribution in [2.75, 3.05) is 37.7 Å². The van der Waals surface area contributed by atoms with Crippen LogP contribution in [0, 0.1) is 23.7 Å². The minimum Gasteiger partial charge on any atom is -0.508 e. The summed E-state index contributed by atoms with van der Waals surface area (Å²) in [5.74, 6) is -13.8. The molecule has 15 amide bonds. The van der Waals surface area contributed by atoms with Gasteiger partial charge in [-0.25, -0.2) is 0 Å². The van der Waals surface area contributed by atoms with Crippen LogP contribution >= 0.6 is 21.6 Å². The predicted octanol–water partition coefficient (Wildman–Crippen LogP) is 0.479. The maximum Gasteiger partial charge on any atom is 0.246 e. The van der Waals surface area contributed by atoms with E-state index in [0.29, 0.717) is 36.8 Å².